The quantitative estimate of drug-likeness (QED) is 0.423. The smallest absolute Gasteiger partial charge is 0.265 e. The molecule has 1 saturated heterocycles. The van der Waals surface area contributed by atoms with Crippen LogP contribution >= 0.6 is 0 Å². The zero-order chi connectivity index (χ0) is 21.0. The van der Waals surface area contributed by atoms with E-state index in [4.69, 9.17) is 5.84 Å². The molecule has 0 aromatic heterocycles. The number of nitrogen functional groups attached to an aromatic ring is 1. The van der Waals surface area contributed by atoms with Gasteiger partial charge in [-0.05, 0) is 57.2 Å². The number of rotatable bonds is 6. The van der Waals surface area contributed by atoms with Crippen molar-refractivity contribution in [1.82, 2.24) is 10.3 Å². The number of nitrogens with one attached hydrogen (secondary N) is 1. The number of hydrogen-bond donors (Lipinski definition) is 2. The highest BCUT2D eigenvalue weighted by molar-refractivity contribution is 7.93. The lowest BCUT2D eigenvalue weighted by Crippen LogP contribution is -2.44. The highest BCUT2D eigenvalue weighted by Crippen LogP contribution is 2.28. The highest BCUT2D eigenvalue weighted by Gasteiger charge is 2.34. The molecule has 0 atom stereocenters. The molecule has 0 spiro atoms. The second-order valence-electron chi connectivity index (χ2n) is 7.17. The van der Waals surface area contributed by atoms with Crippen LogP contribution in [0.1, 0.15) is 28.8 Å². The number of likely N-dealkylation sites (tertiary alicyclic amines) is 1. The predicted octanol–water partition coefficient (Wildman–Crippen LogP) is 1.86. The molecule has 2 aromatic carbocycles. The van der Waals surface area contributed by atoms with E-state index in [1.807, 2.05) is 12.5 Å². The summed E-state index contributed by atoms with van der Waals surface area (Å²) >= 11 is 0. The number of benzene rings is 2. The number of amides is 1. The van der Waals surface area contributed by atoms with E-state index >= 15 is 0 Å². The van der Waals surface area contributed by atoms with E-state index in [1.165, 1.54) is 16.4 Å². The van der Waals surface area contributed by atoms with Gasteiger partial charge in [0.25, 0.3) is 5.91 Å². The zero-order valence-corrected chi connectivity index (χ0v) is 17.0. The summed E-state index contributed by atoms with van der Waals surface area (Å²) in [5.41, 5.74) is 2.68. The Bertz CT molecular complexity index is 961. The second-order valence-corrected chi connectivity index (χ2v) is 9.31. The van der Waals surface area contributed by atoms with Crippen molar-refractivity contribution in [3.63, 3.8) is 0 Å². The van der Waals surface area contributed by atoms with Gasteiger partial charge in [0.05, 0.1) is 17.5 Å². The topological polar surface area (TPSA) is 95.7 Å². The Kier molecular flexibility index (Phi) is 6.51. The molecular formula is C20H25FN4O3S. The molecule has 1 amide bonds. The van der Waals surface area contributed by atoms with E-state index < -0.39 is 27.0 Å². The Morgan fingerprint density at radius 3 is 2.45 bits per heavy atom. The van der Waals surface area contributed by atoms with Crippen molar-refractivity contribution < 1.29 is 17.6 Å². The Labute approximate surface area is 170 Å². The van der Waals surface area contributed by atoms with Gasteiger partial charge in [-0.3, -0.25) is 14.5 Å². The first-order valence-electron chi connectivity index (χ1n) is 9.37. The van der Waals surface area contributed by atoms with Crippen LogP contribution in [0.5, 0.6) is 0 Å². The summed E-state index contributed by atoms with van der Waals surface area (Å²) in [4.78, 5) is 13.7. The first-order valence-corrected chi connectivity index (χ1v) is 10.9. The normalized spacial score (nSPS) is 15.8. The zero-order valence-electron chi connectivity index (χ0n) is 16.2. The molecule has 0 bridgehead atoms. The van der Waals surface area contributed by atoms with E-state index in [0.717, 1.165) is 6.07 Å². The summed E-state index contributed by atoms with van der Waals surface area (Å²) in [6.07, 6.45) is 1.06. The van der Waals surface area contributed by atoms with Crippen molar-refractivity contribution in [3.8, 4) is 0 Å². The van der Waals surface area contributed by atoms with Crippen LogP contribution in [0.4, 0.5) is 10.1 Å². The molecule has 3 N–H and O–H groups in total. The molecule has 1 heterocycles. The minimum Gasteiger partial charge on any atom is -0.306 e. The van der Waals surface area contributed by atoms with Crippen LogP contribution in [0, 0.1) is 5.82 Å². The molecule has 9 heteroatoms. The molecule has 1 aliphatic rings. The molecule has 0 aliphatic carbocycles. The fraction of sp³-hybridized carbons (Fsp3) is 0.350. The third-order valence-electron chi connectivity index (χ3n) is 5.20. The third-order valence-corrected chi connectivity index (χ3v) is 7.47. The summed E-state index contributed by atoms with van der Waals surface area (Å²) in [5.74, 6) is 3.81. The lowest BCUT2D eigenvalue weighted by Gasteiger charge is -2.34. The number of anilines is 1. The lowest BCUT2D eigenvalue weighted by atomic mass is 10.1. The monoisotopic (exact) mass is 420 g/mol. The Morgan fingerprint density at radius 2 is 1.86 bits per heavy atom. The Hall–Kier alpha value is -2.49. The van der Waals surface area contributed by atoms with E-state index in [-0.39, 0.29) is 17.7 Å². The summed E-state index contributed by atoms with van der Waals surface area (Å²) < 4.78 is 42.8. The standard InChI is InChI=1S/C20H25FN4O3S/c1-24-11-9-18(10-12-24)29(27,28)25(17-5-3-2-4-6-17)14-16-8-7-15(13-19(16)21)20(26)23-22/h2-8,13,18H,9-12,14,22H2,1H3,(H,23,26). The number of hydrazine groups is 1. The number of nitrogens with two attached hydrogens (primary N) is 1. The SMILES string of the molecule is CN1CCC(S(=O)(=O)N(Cc2ccc(C(=O)NN)cc2F)c2ccccc2)CC1. The number of carbonyl (C=O) groups is 1. The van der Waals surface area contributed by atoms with Crippen LogP contribution in [0.2, 0.25) is 0 Å². The molecule has 0 saturated carbocycles. The van der Waals surface area contributed by atoms with Crippen molar-refractivity contribution >= 4 is 21.6 Å². The van der Waals surface area contributed by atoms with Crippen molar-refractivity contribution in [2.75, 3.05) is 24.4 Å². The molecule has 1 aliphatic heterocycles. The molecule has 29 heavy (non-hydrogen) atoms. The van der Waals surface area contributed by atoms with Gasteiger partial charge >= 0.3 is 0 Å². The van der Waals surface area contributed by atoms with Crippen LogP contribution in [0.25, 0.3) is 0 Å². The van der Waals surface area contributed by atoms with Gasteiger partial charge < -0.3 is 4.90 Å². The molecule has 3 rings (SSSR count). The maximum absolute atomic E-state index is 14.7. The van der Waals surface area contributed by atoms with Crippen LogP contribution in [0.15, 0.2) is 48.5 Å². The van der Waals surface area contributed by atoms with Crippen LogP contribution in [-0.4, -0.2) is 44.6 Å². The number of halogens is 1. The average Bonchev–Trinajstić information content (AvgIpc) is 2.73. The van der Waals surface area contributed by atoms with Gasteiger partial charge in [-0.15, -0.1) is 0 Å². The fourth-order valence-corrected chi connectivity index (χ4v) is 5.34. The van der Waals surface area contributed by atoms with E-state index in [2.05, 4.69) is 4.90 Å². The van der Waals surface area contributed by atoms with Gasteiger partial charge in [0, 0.05) is 11.1 Å². The number of nitrogens with zero attached hydrogens (tertiary/aromatic N) is 2. The summed E-state index contributed by atoms with van der Waals surface area (Å²) in [7, 11) is -1.74. The largest absolute Gasteiger partial charge is 0.306 e. The summed E-state index contributed by atoms with van der Waals surface area (Å²) in [6.45, 7) is 1.24. The van der Waals surface area contributed by atoms with Crippen LogP contribution < -0.4 is 15.6 Å². The molecule has 2 aromatic rings. The van der Waals surface area contributed by atoms with E-state index in [1.54, 1.807) is 30.3 Å². The molecule has 0 unspecified atom stereocenters. The first-order chi connectivity index (χ1) is 13.8. The van der Waals surface area contributed by atoms with Crippen molar-refractivity contribution in [1.29, 1.82) is 0 Å². The van der Waals surface area contributed by atoms with Crippen LogP contribution in [-0.2, 0) is 16.6 Å². The minimum atomic E-state index is -3.71. The molecule has 0 radical (unpaired) electrons. The number of sulfonamides is 1. The van der Waals surface area contributed by atoms with Gasteiger partial charge in [0.2, 0.25) is 10.0 Å². The molecule has 156 valence electrons. The first kappa shape index (κ1) is 21.2. The maximum atomic E-state index is 14.7. The van der Waals surface area contributed by atoms with E-state index in [0.29, 0.717) is 31.6 Å². The van der Waals surface area contributed by atoms with Gasteiger partial charge in [0.15, 0.2) is 0 Å². The van der Waals surface area contributed by atoms with Crippen LogP contribution in [0.3, 0.4) is 0 Å². The highest BCUT2D eigenvalue weighted by atomic mass is 32.2. The van der Waals surface area contributed by atoms with Gasteiger partial charge in [0.1, 0.15) is 5.82 Å². The van der Waals surface area contributed by atoms with Crippen molar-refractivity contribution in [3.05, 3.63) is 65.5 Å². The van der Waals surface area contributed by atoms with Gasteiger partial charge in [-0.25, -0.2) is 18.7 Å². The molecular weight excluding hydrogens is 395 g/mol. The number of carbonyl (C=O) groups excluding carboxylic acids is 1. The summed E-state index contributed by atoms with van der Waals surface area (Å²) in [6, 6.07) is 12.6. The predicted molar refractivity (Wildman–Crippen MR) is 110 cm³/mol. The minimum absolute atomic E-state index is 0.0678. The maximum Gasteiger partial charge on any atom is 0.265 e. The van der Waals surface area contributed by atoms with Gasteiger partial charge in [-0.1, -0.05) is 24.3 Å². The lowest BCUT2D eigenvalue weighted by molar-refractivity contribution is 0.0953. The fourth-order valence-electron chi connectivity index (χ4n) is 3.44. The average molecular weight is 421 g/mol. The van der Waals surface area contributed by atoms with Crippen molar-refractivity contribution in [2.24, 2.45) is 5.84 Å². The number of para-hydroxylation sites is 1. The number of hydrogen-bond acceptors (Lipinski definition) is 5. The van der Waals surface area contributed by atoms with E-state index in [9.17, 15) is 17.6 Å². The molecule has 1 fully saturated rings. The van der Waals surface area contributed by atoms with Gasteiger partial charge in [-0.2, -0.15) is 0 Å². The Morgan fingerprint density at radius 1 is 1.21 bits per heavy atom. The Balaban J connectivity index is 1.94. The molecule has 7 nitrogen and oxygen atoms in total. The third kappa shape index (κ3) is 4.75. The van der Waals surface area contributed by atoms with Crippen molar-refractivity contribution in [2.45, 2.75) is 24.6 Å². The second kappa shape index (κ2) is 8.89. The number of piperidine rings is 1. The summed E-state index contributed by atoms with van der Waals surface area (Å²) in [5, 5.41) is -0.524.